The Morgan fingerprint density at radius 2 is 2.05 bits per heavy atom. The van der Waals surface area contributed by atoms with Gasteiger partial charge >= 0.3 is 0 Å². The normalized spacial score (nSPS) is 21.4. The van der Waals surface area contributed by atoms with Gasteiger partial charge in [-0.15, -0.1) is 0 Å². The number of hydrogen-bond donors (Lipinski definition) is 2. The van der Waals surface area contributed by atoms with Crippen LogP contribution in [0.2, 0.25) is 0 Å². The molecule has 1 aromatic carbocycles. The molecule has 3 rings (SSSR count). The largest absolute Gasteiger partial charge is 0.491 e. The summed E-state index contributed by atoms with van der Waals surface area (Å²) in [4.78, 5) is 12.0. The van der Waals surface area contributed by atoms with E-state index in [-0.39, 0.29) is 11.8 Å². The summed E-state index contributed by atoms with van der Waals surface area (Å²) >= 11 is 0. The van der Waals surface area contributed by atoms with Crippen molar-refractivity contribution < 1.29 is 19.4 Å². The number of carbonyl (C=O) groups is 1. The van der Waals surface area contributed by atoms with Crippen LogP contribution in [0.15, 0.2) is 18.2 Å². The van der Waals surface area contributed by atoms with Crippen LogP contribution in [0.4, 0.5) is 0 Å². The van der Waals surface area contributed by atoms with Crippen molar-refractivity contribution in [3.05, 3.63) is 29.3 Å². The molecular formula is C15H19NO4. The second kappa shape index (κ2) is 5.81. The van der Waals surface area contributed by atoms with Crippen molar-refractivity contribution in [2.24, 2.45) is 5.92 Å². The summed E-state index contributed by atoms with van der Waals surface area (Å²) in [5.41, 5.74) is 1.28. The summed E-state index contributed by atoms with van der Waals surface area (Å²) in [5, 5.41) is 13.3. The van der Waals surface area contributed by atoms with Crippen molar-refractivity contribution in [1.82, 2.24) is 5.32 Å². The maximum Gasteiger partial charge on any atom is 0.255 e. The summed E-state index contributed by atoms with van der Waals surface area (Å²) in [5.74, 6) is 0.637. The van der Waals surface area contributed by atoms with Gasteiger partial charge in [-0.3, -0.25) is 4.79 Å². The Morgan fingerprint density at radius 3 is 2.85 bits per heavy atom. The van der Waals surface area contributed by atoms with E-state index < -0.39 is 6.10 Å². The summed E-state index contributed by atoms with van der Waals surface area (Å²) in [6.07, 6.45) is 1.14. The van der Waals surface area contributed by atoms with Crippen molar-refractivity contribution in [3.8, 4) is 5.75 Å². The van der Waals surface area contributed by atoms with Crippen LogP contribution in [0.1, 0.15) is 34.9 Å². The lowest BCUT2D eigenvalue weighted by Crippen LogP contribution is -2.25. The molecule has 2 aliphatic rings. The van der Waals surface area contributed by atoms with Gasteiger partial charge < -0.3 is 19.9 Å². The minimum Gasteiger partial charge on any atom is -0.491 e. The summed E-state index contributed by atoms with van der Waals surface area (Å²) in [6, 6.07) is 5.37. The van der Waals surface area contributed by atoms with Crippen LogP contribution in [-0.4, -0.2) is 37.4 Å². The molecule has 0 saturated carbocycles. The smallest absolute Gasteiger partial charge is 0.255 e. The average Bonchev–Trinajstić information content (AvgIpc) is 2.69. The molecule has 0 bridgehead atoms. The molecule has 0 aromatic heterocycles. The monoisotopic (exact) mass is 277 g/mol. The highest BCUT2D eigenvalue weighted by molar-refractivity contribution is 5.97. The first-order valence-corrected chi connectivity index (χ1v) is 7.06. The predicted molar refractivity (Wildman–Crippen MR) is 72.8 cm³/mol. The van der Waals surface area contributed by atoms with E-state index in [0.717, 1.165) is 18.4 Å². The van der Waals surface area contributed by atoms with Gasteiger partial charge in [-0.1, -0.05) is 6.07 Å². The van der Waals surface area contributed by atoms with Crippen molar-refractivity contribution in [1.29, 1.82) is 0 Å². The van der Waals surface area contributed by atoms with E-state index in [2.05, 4.69) is 5.32 Å². The quantitative estimate of drug-likeness (QED) is 0.854. The first kappa shape index (κ1) is 13.4. The zero-order valence-corrected chi connectivity index (χ0v) is 11.3. The van der Waals surface area contributed by atoms with Crippen LogP contribution in [0.3, 0.4) is 0 Å². The second-order valence-electron chi connectivity index (χ2n) is 5.25. The lowest BCUT2D eigenvalue weighted by Gasteiger charge is -2.27. The van der Waals surface area contributed by atoms with Gasteiger partial charge in [-0.2, -0.15) is 0 Å². The second-order valence-corrected chi connectivity index (χ2v) is 5.25. The molecule has 108 valence electrons. The molecule has 1 fully saturated rings. The predicted octanol–water partition coefficient (Wildman–Crippen LogP) is 1.27. The Morgan fingerprint density at radius 1 is 1.25 bits per heavy atom. The molecule has 2 heterocycles. The number of ether oxygens (including phenoxy) is 2. The van der Waals surface area contributed by atoms with Gasteiger partial charge in [0.2, 0.25) is 0 Å². The minimum atomic E-state index is -0.555. The van der Waals surface area contributed by atoms with E-state index in [1.807, 2.05) is 6.07 Å². The van der Waals surface area contributed by atoms with Crippen LogP contribution in [-0.2, 0) is 4.74 Å². The molecule has 0 spiro atoms. The van der Waals surface area contributed by atoms with Crippen LogP contribution in [0, 0.1) is 5.92 Å². The maximum atomic E-state index is 12.0. The highest BCUT2D eigenvalue weighted by Gasteiger charge is 2.25. The van der Waals surface area contributed by atoms with Gasteiger partial charge in [0.15, 0.2) is 0 Å². The first-order chi connectivity index (χ1) is 9.75. The highest BCUT2D eigenvalue weighted by Crippen LogP contribution is 2.32. The minimum absolute atomic E-state index is 0.140. The van der Waals surface area contributed by atoms with Gasteiger partial charge in [0.1, 0.15) is 12.4 Å². The van der Waals surface area contributed by atoms with Gasteiger partial charge in [0.05, 0.1) is 18.2 Å². The number of nitrogens with one attached hydrogen (secondary N) is 1. The Labute approximate surface area is 117 Å². The summed E-state index contributed by atoms with van der Waals surface area (Å²) in [7, 11) is 0. The van der Waals surface area contributed by atoms with Gasteiger partial charge in [0, 0.05) is 13.2 Å². The molecule has 20 heavy (non-hydrogen) atoms. The van der Waals surface area contributed by atoms with E-state index in [9.17, 15) is 9.90 Å². The van der Waals surface area contributed by atoms with Crippen LogP contribution < -0.4 is 10.1 Å². The number of benzene rings is 1. The zero-order chi connectivity index (χ0) is 13.9. The fourth-order valence-electron chi connectivity index (χ4n) is 2.76. The van der Waals surface area contributed by atoms with Crippen molar-refractivity contribution in [2.45, 2.75) is 18.9 Å². The fourth-order valence-corrected chi connectivity index (χ4v) is 2.76. The molecule has 1 amide bonds. The number of carbonyl (C=O) groups excluding carboxylic acids is 1. The third kappa shape index (κ3) is 2.64. The number of aliphatic hydroxyl groups is 1. The van der Waals surface area contributed by atoms with Gasteiger partial charge in [0.25, 0.3) is 5.91 Å². The molecule has 2 N–H and O–H groups in total. The highest BCUT2D eigenvalue weighted by atomic mass is 16.5. The number of fused-ring (bicyclic) bond motifs is 1. The lowest BCUT2D eigenvalue weighted by molar-refractivity contribution is 0.00715. The molecule has 0 radical (unpaired) electrons. The van der Waals surface area contributed by atoms with Crippen LogP contribution in [0.5, 0.6) is 5.75 Å². The third-order valence-electron chi connectivity index (χ3n) is 3.95. The summed E-state index contributed by atoms with van der Waals surface area (Å²) in [6.45, 7) is 2.36. The van der Waals surface area contributed by atoms with Gasteiger partial charge in [-0.05, 0) is 36.5 Å². The SMILES string of the molecule is O=C1NCCOc2ccc(C(O)C3CCOCC3)cc21. The molecule has 0 aliphatic carbocycles. The van der Waals surface area contributed by atoms with Crippen molar-refractivity contribution in [3.63, 3.8) is 0 Å². The van der Waals surface area contributed by atoms with E-state index in [4.69, 9.17) is 9.47 Å². The molecule has 1 atom stereocenters. The Balaban J connectivity index is 1.85. The first-order valence-electron chi connectivity index (χ1n) is 7.06. The van der Waals surface area contributed by atoms with E-state index in [1.54, 1.807) is 12.1 Å². The molecule has 1 unspecified atom stereocenters. The van der Waals surface area contributed by atoms with Crippen molar-refractivity contribution >= 4 is 5.91 Å². The molecule has 1 aromatic rings. The molecule has 2 aliphatic heterocycles. The van der Waals surface area contributed by atoms with Crippen molar-refractivity contribution in [2.75, 3.05) is 26.4 Å². The zero-order valence-electron chi connectivity index (χ0n) is 11.3. The Hall–Kier alpha value is -1.59. The number of rotatable bonds is 2. The Bertz CT molecular complexity index is 497. The molecule has 5 nitrogen and oxygen atoms in total. The van der Waals surface area contributed by atoms with Crippen LogP contribution >= 0.6 is 0 Å². The third-order valence-corrected chi connectivity index (χ3v) is 3.95. The average molecular weight is 277 g/mol. The van der Waals surface area contributed by atoms with Crippen LogP contribution in [0.25, 0.3) is 0 Å². The molecule has 5 heteroatoms. The van der Waals surface area contributed by atoms with E-state index >= 15 is 0 Å². The number of hydrogen-bond acceptors (Lipinski definition) is 4. The van der Waals surface area contributed by atoms with E-state index in [1.165, 1.54) is 0 Å². The Kier molecular flexibility index (Phi) is 3.89. The standard InChI is InChI=1S/C15H19NO4/c17-14(10-3-6-19-7-4-10)11-1-2-13-12(9-11)15(18)16-5-8-20-13/h1-2,9-10,14,17H,3-8H2,(H,16,18). The van der Waals surface area contributed by atoms with E-state index in [0.29, 0.717) is 37.7 Å². The number of aliphatic hydroxyl groups excluding tert-OH is 1. The lowest BCUT2D eigenvalue weighted by atomic mass is 9.88. The number of amides is 1. The topological polar surface area (TPSA) is 67.8 Å². The summed E-state index contributed by atoms with van der Waals surface area (Å²) < 4.78 is 10.8. The van der Waals surface area contributed by atoms with Gasteiger partial charge in [-0.25, -0.2) is 0 Å². The molecule has 1 saturated heterocycles. The molecular weight excluding hydrogens is 258 g/mol. The fraction of sp³-hybridized carbons (Fsp3) is 0.533. The maximum absolute atomic E-state index is 12.0.